The molecule has 0 spiro atoms. The zero-order valence-corrected chi connectivity index (χ0v) is 13.4. The molecular formula is C17H19BrFN. The van der Waals surface area contributed by atoms with Crippen molar-refractivity contribution in [2.75, 3.05) is 6.54 Å². The lowest BCUT2D eigenvalue weighted by molar-refractivity contribution is 0.546. The molecule has 1 atom stereocenters. The molecule has 1 N–H and O–H groups in total. The molecule has 0 fully saturated rings. The van der Waals surface area contributed by atoms with E-state index in [0.717, 1.165) is 23.0 Å². The van der Waals surface area contributed by atoms with Crippen molar-refractivity contribution < 1.29 is 4.39 Å². The molecule has 0 amide bonds. The van der Waals surface area contributed by atoms with Crippen LogP contribution in [0.5, 0.6) is 0 Å². The topological polar surface area (TPSA) is 12.0 Å². The molecule has 1 unspecified atom stereocenters. The molecule has 0 radical (unpaired) electrons. The summed E-state index contributed by atoms with van der Waals surface area (Å²) >= 11 is 3.68. The van der Waals surface area contributed by atoms with Crippen LogP contribution in [-0.4, -0.2) is 6.54 Å². The van der Waals surface area contributed by atoms with Crippen LogP contribution in [0, 0.1) is 12.7 Å². The summed E-state index contributed by atoms with van der Waals surface area (Å²) in [4.78, 5) is 0. The predicted molar refractivity (Wildman–Crippen MR) is 85.4 cm³/mol. The van der Waals surface area contributed by atoms with Gasteiger partial charge in [0.05, 0.1) is 0 Å². The molecule has 106 valence electrons. The van der Waals surface area contributed by atoms with Crippen molar-refractivity contribution in [1.29, 1.82) is 0 Å². The molecule has 0 aliphatic rings. The highest BCUT2D eigenvalue weighted by Gasteiger charge is 2.15. The molecule has 0 heterocycles. The first kappa shape index (κ1) is 15.2. The van der Waals surface area contributed by atoms with E-state index in [4.69, 9.17) is 0 Å². The number of hydrogen-bond acceptors (Lipinski definition) is 1. The van der Waals surface area contributed by atoms with Gasteiger partial charge in [0.2, 0.25) is 0 Å². The van der Waals surface area contributed by atoms with Crippen molar-refractivity contribution in [2.24, 2.45) is 0 Å². The van der Waals surface area contributed by atoms with Crippen molar-refractivity contribution in [3.05, 3.63) is 69.4 Å². The van der Waals surface area contributed by atoms with Gasteiger partial charge in [-0.3, -0.25) is 0 Å². The lowest BCUT2D eigenvalue weighted by Gasteiger charge is -2.21. The number of aryl methyl sites for hydroxylation is 1. The Kier molecular flexibility index (Phi) is 5.32. The van der Waals surface area contributed by atoms with Crippen LogP contribution in [0.25, 0.3) is 0 Å². The lowest BCUT2D eigenvalue weighted by atomic mass is 9.97. The van der Waals surface area contributed by atoms with Gasteiger partial charge in [0.15, 0.2) is 0 Å². The van der Waals surface area contributed by atoms with Gasteiger partial charge in [-0.05, 0) is 48.7 Å². The van der Waals surface area contributed by atoms with E-state index in [-0.39, 0.29) is 11.9 Å². The number of likely N-dealkylation sites (N-methyl/N-ethyl adjacent to an activating group) is 1. The Hall–Kier alpha value is -1.19. The predicted octanol–water partition coefficient (Wildman–Crippen LogP) is 4.79. The van der Waals surface area contributed by atoms with Crippen LogP contribution in [0.15, 0.2) is 46.9 Å². The highest BCUT2D eigenvalue weighted by Crippen LogP contribution is 2.28. The van der Waals surface area contributed by atoms with Crippen molar-refractivity contribution in [3.63, 3.8) is 0 Å². The maximum absolute atomic E-state index is 13.0. The Bertz CT molecular complexity index is 566. The number of rotatable bonds is 5. The minimum Gasteiger partial charge on any atom is -0.310 e. The maximum Gasteiger partial charge on any atom is 0.123 e. The first-order valence-electron chi connectivity index (χ1n) is 6.84. The molecule has 2 aromatic rings. The van der Waals surface area contributed by atoms with E-state index in [9.17, 15) is 4.39 Å². The summed E-state index contributed by atoms with van der Waals surface area (Å²) in [5.41, 5.74) is 3.60. The first-order chi connectivity index (χ1) is 9.61. The van der Waals surface area contributed by atoms with Crippen LogP contribution in [0.3, 0.4) is 0 Å². The summed E-state index contributed by atoms with van der Waals surface area (Å²) < 4.78 is 14.1. The third-order valence-corrected chi connectivity index (χ3v) is 4.48. The Morgan fingerprint density at radius 3 is 2.50 bits per heavy atom. The van der Waals surface area contributed by atoms with E-state index < -0.39 is 0 Å². The van der Waals surface area contributed by atoms with Gasteiger partial charge < -0.3 is 5.32 Å². The molecule has 0 saturated carbocycles. The van der Waals surface area contributed by atoms with E-state index in [2.05, 4.69) is 53.3 Å². The summed E-state index contributed by atoms with van der Waals surface area (Å²) in [6, 6.07) is 13.3. The van der Waals surface area contributed by atoms with E-state index >= 15 is 0 Å². The summed E-state index contributed by atoms with van der Waals surface area (Å²) in [5.74, 6) is -0.189. The monoisotopic (exact) mass is 335 g/mol. The maximum atomic E-state index is 13.0. The highest BCUT2D eigenvalue weighted by atomic mass is 79.9. The van der Waals surface area contributed by atoms with Crippen molar-refractivity contribution in [1.82, 2.24) is 5.32 Å². The molecule has 0 bridgehead atoms. The average molecular weight is 336 g/mol. The van der Waals surface area contributed by atoms with Crippen LogP contribution in [0.2, 0.25) is 0 Å². The van der Waals surface area contributed by atoms with Gasteiger partial charge in [0.25, 0.3) is 0 Å². The number of hydrogen-bond donors (Lipinski definition) is 1. The second kappa shape index (κ2) is 7.00. The lowest BCUT2D eigenvalue weighted by Crippen LogP contribution is -2.23. The van der Waals surface area contributed by atoms with Gasteiger partial charge in [-0.25, -0.2) is 4.39 Å². The summed E-state index contributed by atoms with van der Waals surface area (Å²) in [6.07, 6.45) is 0.843. The van der Waals surface area contributed by atoms with E-state index in [0.29, 0.717) is 0 Å². The van der Waals surface area contributed by atoms with Gasteiger partial charge in [-0.1, -0.05) is 53.2 Å². The number of benzene rings is 2. The van der Waals surface area contributed by atoms with Crippen molar-refractivity contribution >= 4 is 15.9 Å². The van der Waals surface area contributed by atoms with Crippen molar-refractivity contribution in [3.8, 4) is 0 Å². The third-order valence-electron chi connectivity index (χ3n) is 3.40. The van der Waals surface area contributed by atoms with E-state index in [1.54, 1.807) is 0 Å². The van der Waals surface area contributed by atoms with Gasteiger partial charge >= 0.3 is 0 Å². The van der Waals surface area contributed by atoms with Crippen molar-refractivity contribution in [2.45, 2.75) is 26.3 Å². The quantitative estimate of drug-likeness (QED) is 0.828. The molecule has 0 aromatic heterocycles. The van der Waals surface area contributed by atoms with Crippen LogP contribution < -0.4 is 5.32 Å². The second-order valence-electron chi connectivity index (χ2n) is 4.92. The normalized spacial score (nSPS) is 12.4. The first-order valence-corrected chi connectivity index (χ1v) is 7.64. The molecule has 0 saturated heterocycles. The van der Waals surface area contributed by atoms with Crippen LogP contribution in [0.1, 0.15) is 29.7 Å². The van der Waals surface area contributed by atoms with Gasteiger partial charge in [0, 0.05) is 10.5 Å². The van der Waals surface area contributed by atoms with Crippen LogP contribution >= 0.6 is 15.9 Å². The molecule has 2 rings (SSSR count). The molecule has 3 heteroatoms. The summed E-state index contributed by atoms with van der Waals surface area (Å²) in [7, 11) is 0. The van der Waals surface area contributed by atoms with Gasteiger partial charge in [-0.2, -0.15) is 0 Å². The standard InChI is InChI=1S/C17H19BrFN/c1-3-20-16(11-13-7-9-14(19)10-8-13)15-6-4-5-12(2)17(15)18/h4-10,16,20H,3,11H2,1-2H3. The van der Waals surface area contributed by atoms with Gasteiger partial charge in [-0.15, -0.1) is 0 Å². The Morgan fingerprint density at radius 2 is 1.85 bits per heavy atom. The fourth-order valence-corrected chi connectivity index (χ4v) is 2.87. The summed E-state index contributed by atoms with van der Waals surface area (Å²) in [6.45, 7) is 5.09. The van der Waals surface area contributed by atoms with E-state index in [1.165, 1.54) is 23.3 Å². The van der Waals surface area contributed by atoms with Crippen LogP contribution in [-0.2, 0) is 6.42 Å². The van der Waals surface area contributed by atoms with Crippen LogP contribution in [0.4, 0.5) is 4.39 Å². The van der Waals surface area contributed by atoms with E-state index in [1.807, 2.05) is 12.1 Å². The molecule has 0 aliphatic carbocycles. The molecule has 1 nitrogen and oxygen atoms in total. The number of nitrogens with one attached hydrogen (secondary N) is 1. The highest BCUT2D eigenvalue weighted by molar-refractivity contribution is 9.10. The molecule has 0 aliphatic heterocycles. The average Bonchev–Trinajstić information content (AvgIpc) is 2.44. The summed E-state index contributed by atoms with van der Waals surface area (Å²) in [5, 5.41) is 3.51. The fraction of sp³-hybridized carbons (Fsp3) is 0.294. The Labute approximate surface area is 128 Å². The second-order valence-corrected chi connectivity index (χ2v) is 5.71. The fourth-order valence-electron chi connectivity index (χ4n) is 2.33. The molecule has 20 heavy (non-hydrogen) atoms. The smallest absolute Gasteiger partial charge is 0.123 e. The third kappa shape index (κ3) is 3.68. The zero-order chi connectivity index (χ0) is 14.5. The van der Waals surface area contributed by atoms with Gasteiger partial charge in [0.1, 0.15) is 5.82 Å². The SMILES string of the molecule is CCNC(Cc1ccc(F)cc1)c1cccc(C)c1Br. The largest absolute Gasteiger partial charge is 0.310 e. The minimum atomic E-state index is -0.189. The number of halogens is 2. The Balaban J connectivity index is 2.26. The molecule has 2 aromatic carbocycles. The molecular weight excluding hydrogens is 317 g/mol. The minimum absolute atomic E-state index is 0.189. The Morgan fingerprint density at radius 1 is 1.15 bits per heavy atom. The zero-order valence-electron chi connectivity index (χ0n) is 11.8.